The Labute approximate surface area is 136 Å². The molecule has 0 aromatic rings. The van der Waals surface area contributed by atoms with Crippen molar-refractivity contribution >= 4 is 24.9 Å². The highest BCUT2D eigenvalue weighted by Gasteiger charge is 2.40. The van der Waals surface area contributed by atoms with E-state index in [2.05, 4.69) is 10.6 Å². The number of hydrogen-bond donors (Lipinski definition) is 2. The Morgan fingerprint density at radius 2 is 2.17 bits per heavy atom. The smallest absolute Gasteiger partial charge is 0.507 e. The number of likely N-dealkylation sites (N-methyl/N-ethyl adjacent to an activating group) is 1. The van der Waals surface area contributed by atoms with Crippen molar-refractivity contribution in [2.75, 3.05) is 26.7 Å². The molecule has 2 aliphatic rings. The summed E-state index contributed by atoms with van der Waals surface area (Å²) in [6.07, 6.45) is 1.43. The first-order valence-electron chi connectivity index (χ1n) is 7.95. The average molecular weight is 325 g/mol. The van der Waals surface area contributed by atoms with Gasteiger partial charge in [0, 0.05) is 6.54 Å². The van der Waals surface area contributed by atoms with Gasteiger partial charge in [-0.05, 0) is 25.8 Å². The van der Waals surface area contributed by atoms with Gasteiger partial charge in [-0.15, -0.1) is 0 Å². The Kier molecular flexibility index (Phi) is 6.00. The van der Waals surface area contributed by atoms with Crippen LogP contribution in [0.4, 0.5) is 0 Å². The fraction of sp³-hybridized carbons (Fsp3) is 0.786. The number of carbonyl (C=O) groups is 3. The molecule has 128 valence electrons. The SMILES string of the molecule is CC(C)C[C@H](NC(=O)CNC(=O)[C@@H]1CCN1C)B1OCC(=O)O1. The van der Waals surface area contributed by atoms with Crippen LogP contribution < -0.4 is 10.6 Å². The lowest BCUT2D eigenvalue weighted by atomic mass is 9.74. The van der Waals surface area contributed by atoms with Crippen molar-refractivity contribution in [1.29, 1.82) is 0 Å². The lowest BCUT2D eigenvalue weighted by Gasteiger charge is -2.36. The Morgan fingerprint density at radius 3 is 2.65 bits per heavy atom. The Morgan fingerprint density at radius 1 is 1.43 bits per heavy atom. The van der Waals surface area contributed by atoms with E-state index in [0.29, 0.717) is 12.3 Å². The van der Waals surface area contributed by atoms with Crippen LogP contribution in [0.1, 0.15) is 26.7 Å². The van der Waals surface area contributed by atoms with Crippen molar-refractivity contribution in [2.45, 2.75) is 38.7 Å². The molecule has 2 amide bonds. The van der Waals surface area contributed by atoms with Crippen molar-refractivity contribution in [3.05, 3.63) is 0 Å². The highest BCUT2D eigenvalue weighted by Crippen LogP contribution is 2.14. The van der Waals surface area contributed by atoms with Gasteiger partial charge in [0.25, 0.3) is 0 Å². The van der Waals surface area contributed by atoms with E-state index in [4.69, 9.17) is 9.31 Å². The molecule has 2 rings (SSSR count). The number of nitrogens with one attached hydrogen (secondary N) is 2. The van der Waals surface area contributed by atoms with Crippen molar-refractivity contribution in [3.63, 3.8) is 0 Å². The van der Waals surface area contributed by atoms with Crippen LogP contribution in [0.5, 0.6) is 0 Å². The summed E-state index contributed by atoms with van der Waals surface area (Å²) in [5, 5.41) is 5.41. The standard InChI is InChI=1S/C14H24BN3O5/c1-9(2)6-11(15-22-8-13(20)23-15)17-12(19)7-16-14(21)10-4-5-18(10)3/h9-11H,4-8H2,1-3H3,(H,16,21)(H,17,19)/t10-,11-/m0/s1. The molecule has 2 atom stereocenters. The summed E-state index contributed by atoms with van der Waals surface area (Å²) in [6, 6.07) is -0.145. The zero-order valence-electron chi connectivity index (χ0n) is 13.8. The number of rotatable bonds is 7. The van der Waals surface area contributed by atoms with Gasteiger partial charge in [0.05, 0.1) is 18.5 Å². The molecular weight excluding hydrogens is 301 g/mol. The zero-order valence-corrected chi connectivity index (χ0v) is 13.8. The second-order valence-corrected chi connectivity index (χ2v) is 6.48. The molecule has 2 N–H and O–H groups in total. The Hall–Kier alpha value is -1.61. The first kappa shape index (κ1) is 17.7. The van der Waals surface area contributed by atoms with Crippen molar-refractivity contribution < 1.29 is 23.7 Å². The van der Waals surface area contributed by atoms with Crippen molar-refractivity contribution in [3.8, 4) is 0 Å². The molecule has 2 fully saturated rings. The number of carbonyl (C=O) groups excluding carboxylic acids is 3. The molecule has 0 aromatic carbocycles. The van der Waals surface area contributed by atoms with E-state index < -0.39 is 19.0 Å². The van der Waals surface area contributed by atoms with E-state index in [9.17, 15) is 14.4 Å². The third-order valence-corrected chi connectivity index (χ3v) is 4.03. The molecule has 0 radical (unpaired) electrons. The molecule has 2 heterocycles. The number of likely N-dealkylation sites (tertiary alicyclic amines) is 1. The number of nitrogens with zero attached hydrogens (tertiary/aromatic N) is 1. The highest BCUT2D eigenvalue weighted by molar-refractivity contribution is 6.50. The maximum atomic E-state index is 12.1. The first-order chi connectivity index (χ1) is 10.9. The fourth-order valence-electron chi connectivity index (χ4n) is 2.68. The summed E-state index contributed by atoms with van der Waals surface area (Å²) in [6.45, 7) is 4.71. The van der Waals surface area contributed by atoms with Crippen LogP contribution in [0, 0.1) is 5.92 Å². The van der Waals surface area contributed by atoms with Gasteiger partial charge >= 0.3 is 13.1 Å². The largest absolute Gasteiger partial charge is 0.551 e. The number of hydrogen-bond acceptors (Lipinski definition) is 6. The van der Waals surface area contributed by atoms with Gasteiger partial charge in [0.15, 0.2) is 0 Å². The second-order valence-electron chi connectivity index (χ2n) is 6.48. The third-order valence-electron chi connectivity index (χ3n) is 4.03. The summed E-state index contributed by atoms with van der Waals surface area (Å²) in [5.74, 6) is -1.02. The van der Waals surface area contributed by atoms with Gasteiger partial charge < -0.3 is 19.9 Å². The minimum atomic E-state index is -0.762. The van der Waals surface area contributed by atoms with Gasteiger partial charge in [-0.3, -0.25) is 19.3 Å². The topological polar surface area (TPSA) is 97.0 Å². The van der Waals surface area contributed by atoms with Gasteiger partial charge in [0.1, 0.15) is 6.61 Å². The van der Waals surface area contributed by atoms with Crippen LogP contribution >= 0.6 is 0 Å². The predicted molar refractivity (Wildman–Crippen MR) is 83.2 cm³/mol. The van der Waals surface area contributed by atoms with Crippen LogP contribution in [-0.4, -0.2) is 68.5 Å². The van der Waals surface area contributed by atoms with Gasteiger partial charge in [-0.25, -0.2) is 0 Å². The minimum absolute atomic E-state index is 0.0973. The first-order valence-corrected chi connectivity index (χ1v) is 7.95. The van der Waals surface area contributed by atoms with E-state index in [1.807, 2.05) is 25.8 Å². The van der Waals surface area contributed by atoms with Crippen molar-refractivity contribution in [1.82, 2.24) is 15.5 Å². The Bertz CT molecular complexity index is 473. The van der Waals surface area contributed by atoms with Crippen LogP contribution in [-0.2, 0) is 23.7 Å². The van der Waals surface area contributed by atoms with E-state index >= 15 is 0 Å². The lowest BCUT2D eigenvalue weighted by molar-refractivity contribution is -0.132. The third kappa shape index (κ3) is 4.94. The zero-order chi connectivity index (χ0) is 17.0. The average Bonchev–Trinajstić information content (AvgIpc) is 2.89. The molecule has 0 bridgehead atoms. The van der Waals surface area contributed by atoms with Crippen LogP contribution in [0.2, 0.25) is 0 Å². The molecule has 0 aromatic heterocycles. The normalized spacial score (nSPS) is 22.5. The molecule has 0 aliphatic carbocycles. The van der Waals surface area contributed by atoms with E-state index in [0.717, 1.165) is 13.0 Å². The second kappa shape index (κ2) is 7.78. The minimum Gasteiger partial charge on any atom is -0.507 e. The Balaban J connectivity index is 1.79. The molecule has 0 saturated carbocycles. The van der Waals surface area contributed by atoms with Crippen LogP contribution in [0.25, 0.3) is 0 Å². The molecule has 2 saturated heterocycles. The van der Waals surface area contributed by atoms with Gasteiger partial charge in [-0.1, -0.05) is 13.8 Å². The summed E-state index contributed by atoms with van der Waals surface area (Å²) < 4.78 is 10.3. The summed E-state index contributed by atoms with van der Waals surface area (Å²) in [7, 11) is 1.11. The molecule has 23 heavy (non-hydrogen) atoms. The van der Waals surface area contributed by atoms with E-state index in [-0.39, 0.29) is 31.0 Å². The molecule has 0 unspecified atom stereocenters. The summed E-state index contributed by atoms with van der Waals surface area (Å²) in [4.78, 5) is 37.0. The van der Waals surface area contributed by atoms with Crippen LogP contribution in [0.15, 0.2) is 0 Å². The monoisotopic (exact) mass is 325 g/mol. The highest BCUT2D eigenvalue weighted by atomic mass is 16.7. The lowest BCUT2D eigenvalue weighted by Crippen LogP contribution is -2.56. The summed E-state index contributed by atoms with van der Waals surface area (Å²) >= 11 is 0. The maximum absolute atomic E-state index is 12.1. The maximum Gasteiger partial charge on any atom is 0.551 e. The molecular formula is C14H24BN3O5. The molecule has 9 heteroatoms. The molecule has 8 nitrogen and oxygen atoms in total. The fourth-order valence-corrected chi connectivity index (χ4v) is 2.68. The van der Waals surface area contributed by atoms with Gasteiger partial charge in [-0.2, -0.15) is 0 Å². The summed E-state index contributed by atoms with van der Waals surface area (Å²) in [5.41, 5.74) is 0. The quantitative estimate of drug-likeness (QED) is 0.579. The molecule has 0 spiro atoms. The van der Waals surface area contributed by atoms with Gasteiger partial charge in [0.2, 0.25) is 11.8 Å². The van der Waals surface area contributed by atoms with Crippen LogP contribution in [0.3, 0.4) is 0 Å². The van der Waals surface area contributed by atoms with E-state index in [1.165, 1.54) is 0 Å². The van der Waals surface area contributed by atoms with Crippen molar-refractivity contribution in [2.24, 2.45) is 5.92 Å². The number of amides is 2. The van der Waals surface area contributed by atoms with E-state index in [1.54, 1.807) is 0 Å². The molecule has 2 aliphatic heterocycles. The predicted octanol–water partition coefficient (Wildman–Crippen LogP) is -1.06.